The van der Waals surface area contributed by atoms with Crippen molar-refractivity contribution in [2.45, 2.75) is 6.18 Å². The Hall–Kier alpha value is -2.35. The van der Waals surface area contributed by atoms with Crippen LogP contribution in [0.4, 0.5) is 13.2 Å². The largest absolute Gasteiger partial charge is 0.434 e. The summed E-state index contributed by atoms with van der Waals surface area (Å²) in [4.78, 5) is 14.2. The molecule has 2 aromatic rings. The zero-order valence-corrected chi connectivity index (χ0v) is 13.3. The molecule has 2 aliphatic rings. The van der Waals surface area contributed by atoms with Gasteiger partial charge in [0.2, 0.25) is 0 Å². The third kappa shape index (κ3) is 2.80. The van der Waals surface area contributed by atoms with Crippen LogP contribution in [0, 0.1) is 11.8 Å². The fourth-order valence-corrected chi connectivity index (χ4v) is 3.64. The summed E-state index contributed by atoms with van der Waals surface area (Å²) in [7, 11) is 0. The number of rotatable bonds is 2. The first kappa shape index (κ1) is 16.1. The van der Waals surface area contributed by atoms with Crippen LogP contribution in [0.25, 0.3) is 5.69 Å². The molecule has 1 radical (unpaired) electrons. The number of halogens is 3. The predicted octanol–water partition coefficient (Wildman–Crippen LogP) is 2.20. The molecule has 4 rings (SSSR count). The van der Waals surface area contributed by atoms with Crippen molar-refractivity contribution in [3.05, 3.63) is 47.8 Å². The maximum Gasteiger partial charge on any atom is 0.434 e. The number of fused-ring (bicyclic) bond motifs is 1. The van der Waals surface area contributed by atoms with Gasteiger partial charge in [-0.15, -0.1) is 0 Å². The van der Waals surface area contributed by atoms with Crippen LogP contribution in [0.15, 0.2) is 36.5 Å². The molecule has 2 saturated heterocycles. The van der Waals surface area contributed by atoms with E-state index in [1.165, 1.54) is 17.0 Å². The van der Waals surface area contributed by atoms with E-state index in [0.29, 0.717) is 26.2 Å². The maximum atomic E-state index is 13.7. The maximum absolute atomic E-state index is 13.7. The number of para-hydroxylation sites is 1. The predicted molar refractivity (Wildman–Crippen MR) is 83.3 cm³/mol. The molecule has 8 heteroatoms. The van der Waals surface area contributed by atoms with E-state index in [1.54, 1.807) is 18.2 Å². The first-order valence-electron chi connectivity index (χ1n) is 8.08. The van der Waals surface area contributed by atoms with Crippen LogP contribution in [0.2, 0.25) is 0 Å². The smallest absolute Gasteiger partial charge is 0.338 e. The topological polar surface area (TPSA) is 52.2 Å². The molecule has 131 valence electrons. The Morgan fingerprint density at radius 1 is 1.08 bits per heavy atom. The van der Waals surface area contributed by atoms with Gasteiger partial charge in [-0.25, -0.2) is 10.00 Å². The van der Waals surface area contributed by atoms with E-state index in [-0.39, 0.29) is 17.5 Å². The summed E-state index contributed by atoms with van der Waals surface area (Å²) in [5.74, 6) is -0.0752. The number of benzene rings is 1. The number of amides is 1. The van der Waals surface area contributed by atoms with E-state index in [0.717, 1.165) is 10.9 Å². The highest BCUT2D eigenvalue weighted by Gasteiger charge is 2.44. The summed E-state index contributed by atoms with van der Waals surface area (Å²) in [6, 6.07) is 8.02. The first-order chi connectivity index (χ1) is 11.9. The average Bonchev–Trinajstić information content (AvgIpc) is 3.28. The van der Waals surface area contributed by atoms with Crippen molar-refractivity contribution in [3.63, 3.8) is 0 Å². The van der Waals surface area contributed by atoms with Crippen molar-refractivity contribution < 1.29 is 18.0 Å². The molecule has 0 bridgehead atoms. The van der Waals surface area contributed by atoms with Gasteiger partial charge >= 0.3 is 6.18 Å². The van der Waals surface area contributed by atoms with Crippen molar-refractivity contribution in [1.29, 1.82) is 0 Å². The summed E-state index contributed by atoms with van der Waals surface area (Å²) < 4.78 is 41.8. The van der Waals surface area contributed by atoms with E-state index < -0.39 is 23.3 Å². The minimum atomic E-state index is -4.68. The van der Waals surface area contributed by atoms with Crippen molar-refractivity contribution in [2.24, 2.45) is 11.8 Å². The second-order valence-corrected chi connectivity index (χ2v) is 6.47. The lowest BCUT2D eigenvalue weighted by atomic mass is 10.0. The molecule has 3 heterocycles. The van der Waals surface area contributed by atoms with Gasteiger partial charge in [-0.1, -0.05) is 18.2 Å². The number of hydrogen-bond donors (Lipinski definition) is 0. The zero-order valence-electron chi connectivity index (χ0n) is 13.3. The molecule has 25 heavy (non-hydrogen) atoms. The Bertz CT molecular complexity index is 775. The fraction of sp³-hybridized carbons (Fsp3) is 0.412. The van der Waals surface area contributed by atoms with Crippen LogP contribution < -0.4 is 5.32 Å². The third-order valence-electron chi connectivity index (χ3n) is 4.86. The molecular formula is C17H16F3N4O. The number of carbonyl (C=O) groups is 1. The van der Waals surface area contributed by atoms with Crippen molar-refractivity contribution in [2.75, 3.05) is 26.2 Å². The van der Waals surface area contributed by atoms with Gasteiger partial charge in [0.1, 0.15) is 0 Å². The summed E-state index contributed by atoms with van der Waals surface area (Å²) in [5, 5.41) is 8.15. The van der Waals surface area contributed by atoms with E-state index >= 15 is 0 Å². The van der Waals surface area contributed by atoms with Crippen molar-refractivity contribution in [1.82, 2.24) is 20.0 Å². The zero-order chi connectivity index (χ0) is 17.6. The fourth-order valence-electron chi connectivity index (χ4n) is 3.64. The van der Waals surface area contributed by atoms with E-state index in [4.69, 9.17) is 0 Å². The van der Waals surface area contributed by atoms with Gasteiger partial charge in [-0.2, -0.15) is 18.3 Å². The quantitative estimate of drug-likeness (QED) is 0.835. The Morgan fingerprint density at radius 3 is 2.32 bits per heavy atom. The summed E-state index contributed by atoms with van der Waals surface area (Å²) >= 11 is 0. The third-order valence-corrected chi connectivity index (χ3v) is 4.86. The molecule has 0 spiro atoms. The second-order valence-electron chi connectivity index (χ2n) is 6.47. The Morgan fingerprint density at radius 2 is 1.72 bits per heavy atom. The van der Waals surface area contributed by atoms with Gasteiger partial charge in [0.05, 0.1) is 17.4 Å². The molecule has 2 aliphatic heterocycles. The van der Waals surface area contributed by atoms with Crippen LogP contribution in [0.3, 0.4) is 0 Å². The van der Waals surface area contributed by atoms with Gasteiger partial charge in [-0.3, -0.25) is 4.79 Å². The lowest BCUT2D eigenvalue weighted by Crippen LogP contribution is -2.32. The molecule has 1 amide bonds. The van der Waals surface area contributed by atoms with Crippen LogP contribution in [-0.2, 0) is 6.18 Å². The van der Waals surface area contributed by atoms with Crippen molar-refractivity contribution >= 4 is 5.91 Å². The van der Waals surface area contributed by atoms with Crippen LogP contribution >= 0.6 is 0 Å². The summed E-state index contributed by atoms with van der Waals surface area (Å²) in [5.41, 5.74) is -1.15. The van der Waals surface area contributed by atoms with Gasteiger partial charge in [0.25, 0.3) is 5.91 Å². The number of likely N-dealkylation sites (tertiary alicyclic amines) is 1. The van der Waals surface area contributed by atoms with Crippen LogP contribution in [0.1, 0.15) is 16.1 Å². The second kappa shape index (κ2) is 5.87. The molecule has 0 saturated carbocycles. The lowest BCUT2D eigenvalue weighted by Gasteiger charge is -2.18. The van der Waals surface area contributed by atoms with Gasteiger partial charge in [0.15, 0.2) is 5.69 Å². The highest BCUT2D eigenvalue weighted by Crippen LogP contribution is 2.35. The van der Waals surface area contributed by atoms with Crippen molar-refractivity contribution in [3.8, 4) is 5.69 Å². The normalized spacial score (nSPS) is 23.1. The highest BCUT2D eigenvalue weighted by atomic mass is 19.4. The van der Waals surface area contributed by atoms with Crippen LogP contribution in [-0.4, -0.2) is 46.8 Å². The molecule has 1 aromatic carbocycles. The van der Waals surface area contributed by atoms with Gasteiger partial charge < -0.3 is 4.90 Å². The molecule has 0 N–H and O–H groups in total. The highest BCUT2D eigenvalue weighted by molar-refractivity contribution is 5.95. The standard InChI is InChI=1S/C17H16F3N4O/c18-17(19,20)15-14(8-22-24(15)13-4-2-1-3-5-13)16(25)23-9-11-6-21-7-12(11)10-23/h1-5,8,11-12H,6-7,9-10H2. The Balaban J connectivity index is 1.70. The van der Waals surface area contributed by atoms with Crippen LogP contribution in [0.5, 0.6) is 0 Å². The van der Waals surface area contributed by atoms with Gasteiger partial charge in [0, 0.05) is 26.2 Å². The Labute approximate surface area is 142 Å². The number of carbonyl (C=O) groups excluding carboxylic acids is 1. The van der Waals surface area contributed by atoms with E-state index in [1.807, 2.05) is 0 Å². The Kier molecular flexibility index (Phi) is 3.79. The molecule has 2 fully saturated rings. The lowest BCUT2D eigenvalue weighted by molar-refractivity contribution is -0.143. The molecule has 5 nitrogen and oxygen atoms in total. The molecule has 1 aromatic heterocycles. The number of hydrogen-bond acceptors (Lipinski definition) is 2. The van der Waals surface area contributed by atoms with Gasteiger partial charge in [-0.05, 0) is 24.0 Å². The summed E-state index contributed by atoms with van der Waals surface area (Å²) in [6.45, 7) is 2.29. The number of alkyl halides is 3. The minimum absolute atomic E-state index is 0.266. The first-order valence-corrected chi connectivity index (χ1v) is 8.08. The van der Waals surface area contributed by atoms with E-state index in [2.05, 4.69) is 10.4 Å². The summed E-state index contributed by atoms with van der Waals surface area (Å²) in [6.07, 6.45) is -3.65. The minimum Gasteiger partial charge on any atom is -0.338 e. The average molecular weight is 349 g/mol. The SMILES string of the molecule is O=C(c1cnn(-c2ccccc2)c1C(F)(F)F)N1CC2C[N]CC2C1. The molecule has 2 atom stereocenters. The van der Waals surface area contributed by atoms with E-state index in [9.17, 15) is 18.0 Å². The molecular weight excluding hydrogens is 333 g/mol. The number of nitrogens with zero attached hydrogens (tertiary/aromatic N) is 4. The molecule has 2 unspecified atom stereocenters. The molecule has 0 aliphatic carbocycles. The number of aromatic nitrogens is 2. The monoisotopic (exact) mass is 349 g/mol.